The molecule has 0 saturated heterocycles. The Labute approximate surface area is 140 Å². The van der Waals surface area contributed by atoms with Crippen molar-refractivity contribution >= 4 is 11.8 Å². The maximum atomic E-state index is 12.1. The molecule has 1 fully saturated rings. The highest BCUT2D eigenvalue weighted by molar-refractivity contribution is 5.97. The Morgan fingerprint density at radius 2 is 1.88 bits per heavy atom. The van der Waals surface area contributed by atoms with Gasteiger partial charge in [-0.05, 0) is 55.9 Å². The van der Waals surface area contributed by atoms with Crippen LogP contribution in [0.2, 0.25) is 0 Å². The van der Waals surface area contributed by atoms with Crippen molar-refractivity contribution in [2.45, 2.75) is 31.9 Å². The fourth-order valence-electron chi connectivity index (χ4n) is 1.87. The number of aliphatic hydroxyl groups is 1. The van der Waals surface area contributed by atoms with Crippen LogP contribution in [0.3, 0.4) is 0 Å². The van der Waals surface area contributed by atoms with Gasteiger partial charge in [-0.2, -0.15) is 0 Å². The molecule has 1 aromatic carbocycles. The molecule has 6 heteroatoms. The number of carbonyl (C=O) groups is 2. The smallest absolute Gasteiger partial charge is 0.268 e. The number of rotatable bonds is 4. The fraction of sp³-hybridized carbons (Fsp3) is 0.333. The van der Waals surface area contributed by atoms with Crippen LogP contribution in [0.5, 0.6) is 0 Å². The van der Waals surface area contributed by atoms with Crippen LogP contribution in [0, 0.1) is 29.6 Å². The Balaban J connectivity index is 2.00. The molecule has 2 amide bonds. The summed E-state index contributed by atoms with van der Waals surface area (Å²) in [6.07, 6.45) is 1.15. The van der Waals surface area contributed by atoms with Crippen molar-refractivity contribution in [3.05, 3.63) is 35.4 Å². The lowest BCUT2D eigenvalue weighted by molar-refractivity contribution is -0.133. The Morgan fingerprint density at radius 1 is 1.21 bits per heavy atom. The minimum Gasteiger partial charge on any atom is -0.391 e. The van der Waals surface area contributed by atoms with Crippen LogP contribution in [-0.4, -0.2) is 34.3 Å². The quantitative estimate of drug-likeness (QED) is 0.366. The minimum absolute atomic E-state index is 0.306. The maximum Gasteiger partial charge on any atom is 0.268 e. The molecular weight excluding hydrogens is 308 g/mol. The largest absolute Gasteiger partial charge is 0.391 e. The lowest BCUT2D eigenvalue weighted by Gasteiger charge is -2.19. The Hall–Kier alpha value is -2.80. The fourth-order valence-corrected chi connectivity index (χ4v) is 1.87. The molecule has 1 aliphatic rings. The summed E-state index contributed by atoms with van der Waals surface area (Å²) in [7, 11) is 0. The summed E-state index contributed by atoms with van der Waals surface area (Å²) >= 11 is 0. The predicted molar refractivity (Wildman–Crippen MR) is 86.7 cm³/mol. The Bertz CT molecular complexity index is 728. The zero-order valence-corrected chi connectivity index (χ0v) is 13.2. The second-order valence-electron chi connectivity index (χ2n) is 5.54. The zero-order valence-electron chi connectivity index (χ0n) is 13.2. The van der Waals surface area contributed by atoms with E-state index in [9.17, 15) is 14.7 Å². The van der Waals surface area contributed by atoms with Crippen molar-refractivity contribution in [3.8, 4) is 23.7 Å². The van der Waals surface area contributed by atoms with E-state index < -0.39 is 24.0 Å². The average Bonchev–Trinajstić information content (AvgIpc) is 3.40. The van der Waals surface area contributed by atoms with Crippen molar-refractivity contribution in [2.24, 2.45) is 5.92 Å². The first kappa shape index (κ1) is 17.6. The number of hydrogen-bond acceptors (Lipinski definition) is 4. The number of hydrogen-bond donors (Lipinski definition) is 4. The SMILES string of the molecule is C[C@@H](O)[C@H](NC(=O)c1ccc(C#CC#CC2CC2)cc1)C(=O)NO. The molecule has 24 heavy (non-hydrogen) atoms. The van der Waals surface area contributed by atoms with Gasteiger partial charge in [0.25, 0.3) is 11.8 Å². The maximum absolute atomic E-state index is 12.1. The van der Waals surface area contributed by atoms with E-state index in [1.807, 2.05) is 0 Å². The monoisotopic (exact) mass is 326 g/mol. The van der Waals surface area contributed by atoms with Gasteiger partial charge in [-0.25, -0.2) is 5.48 Å². The molecule has 0 aromatic heterocycles. The highest BCUT2D eigenvalue weighted by Gasteiger charge is 2.25. The van der Waals surface area contributed by atoms with Gasteiger partial charge in [-0.1, -0.05) is 11.8 Å². The predicted octanol–water partition coefficient (Wildman–Crippen LogP) is 0.436. The van der Waals surface area contributed by atoms with Gasteiger partial charge < -0.3 is 10.4 Å². The molecule has 0 unspecified atom stereocenters. The standard InChI is InChI=1S/C18H18N2O4/c1-12(21)16(18(23)20-24)19-17(22)15-10-8-14(9-11-15)5-3-2-4-13-6-7-13/h8-13,16,21,24H,6-7H2,1H3,(H,19,22)(H,20,23)/t12-,16+/m1/s1. The molecule has 1 aliphatic carbocycles. The zero-order chi connectivity index (χ0) is 17.5. The number of aliphatic hydroxyl groups excluding tert-OH is 1. The first-order valence-electron chi connectivity index (χ1n) is 7.55. The summed E-state index contributed by atoms with van der Waals surface area (Å²) in [5.74, 6) is 10.6. The summed E-state index contributed by atoms with van der Waals surface area (Å²) in [5.41, 5.74) is 2.43. The third kappa shape index (κ3) is 5.13. The molecule has 0 spiro atoms. The molecule has 2 atom stereocenters. The molecule has 0 bridgehead atoms. The van der Waals surface area contributed by atoms with Gasteiger partial charge in [0.2, 0.25) is 0 Å². The molecule has 1 saturated carbocycles. The topological polar surface area (TPSA) is 98.7 Å². The number of nitrogens with one attached hydrogen (secondary N) is 2. The molecule has 4 N–H and O–H groups in total. The molecule has 0 aliphatic heterocycles. The van der Waals surface area contributed by atoms with E-state index in [-0.39, 0.29) is 0 Å². The van der Waals surface area contributed by atoms with E-state index >= 15 is 0 Å². The third-order valence-electron chi connectivity index (χ3n) is 3.43. The van der Waals surface area contributed by atoms with Gasteiger partial charge in [-0.15, -0.1) is 0 Å². The Morgan fingerprint density at radius 3 is 2.42 bits per heavy atom. The second-order valence-corrected chi connectivity index (χ2v) is 5.54. The number of hydroxylamine groups is 1. The van der Waals surface area contributed by atoms with E-state index in [4.69, 9.17) is 5.21 Å². The van der Waals surface area contributed by atoms with E-state index in [1.165, 1.54) is 12.4 Å². The highest BCUT2D eigenvalue weighted by Crippen LogP contribution is 2.27. The molecule has 124 valence electrons. The number of benzene rings is 1. The van der Waals surface area contributed by atoms with Gasteiger partial charge in [0.1, 0.15) is 6.04 Å². The van der Waals surface area contributed by atoms with Crippen LogP contribution in [0.4, 0.5) is 0 Å². The van der Waals surface area contributed by atoms with Crippen LogP contribution in [0.1, 0.15) is 35.7 Å². The molecule has 6 nitrogen and oxygen atoms in total. The second kappa shape index (κ2) is 8.16. The van der Waals surface area contributed by atoms with Crippen LogP contribution in [0.15, 0.2) is 24.3 Å². The highest BCUT2D eigenvalue weighted by atomic mass is 16.5. The van der Waals surface area contributed by atoms with Gasteiger partial charge >= 0.3 is 0 Å². The van der Waals surface area contributed by atoms with E-state index in [0.717, 1.165) is 18.4 Å². The summed E-state index contributed by atoms with van der Waals surface area (Å²) < 4.78 is 0. The lowest BCUT2D eigenvalue weighted by atomic mass is 10.1. The minimum atomic E-state index is -1.25. The summed E-state index contributed by atoms with van der Waals surface area (Å²) in [5, 5.41) is 20.5. The Kier molecular flexibility index (Phi) is 5.97. The average molecular weight is 326 g/mol. The summed E-state index contributed by atoms with van der Waals surface area (Å²) in [4.78, 5) is 23.5. The van der Waals surface area contributed by atoms with Crippen molar-refractivity contribution in [1.82, 2.24) is 10.8 Å². The van der Waals surface area contributed by atoms with Crippen molar-refractivity contribution in [1.29, 1.82) is 0 Å². The van der Waals surface area contributed by atoms with Gasteiger partial charge in [0, 0.05) is 17.0 Å². The molecule has 0 radical (unpaired) electrons. The van der Waals surface area contributed by atoms with E-state index in [1.54, 1.807) is 24.3 Å². The van der Waals surface area contributed by atoms with Crippen LogP contribution < -0.4 is 10.8 Å². The number of amides is 2. The van der Waals surface area contributed by atoms with Crippen molar-refractivity contribution in [2.75, 3.05) is 0 Å². The normalized spacial score (nSPS) is 15.0. The lowest BCUT2D eigenvalue weighted by Crippen LogP contribution is -2.51. The van der Waals surface area contributed by atoms with E-state index in [2.05, 4.69) is 29.0 Å². The molecule has 2 rings (SSSR count). The third-order valence-corrected chi connectivity index (χ3v) is 3.43. The van der Waals surface area contributed by atoms with Crippen LogP contribution in [-0.2, 0) is 4.79 Å². The van der Waals surface area contributed by atoms with Gasteiger partial charge in [-0.3, -0.25) is 14.8 Å². The van der Waals surface area contributed by atoms with Crippen LogP contribution >= 0.6 is 0 Å². The number of carbonyl (C=O) groups excluding carboxylic acids is 2. The first-order chi connectivity index (χ1) is 11.5. The molecular formula is C18H18N2O4. The van der Waals surface area contributed by atoms with Gasteiger partial charge in [0.15, 0.2) is 0 Å². The first-order valence-corrected chi connectivity index (χ1v) is 7.55. The van der Waals surface area contributed by atoms with Crippen LogP contribution in [0.25, 0.3) is 0 Å². The van der Waals surface area contributed by atoms with Crippen molar-refractivity contribution in [3.63, 3.8) is 0 Å². The summed E-state index contributed by atoms with van der Waals surface area (Å²) in [6, 6.07) is 5.21. The summed E-state index contributed by atoms with van der Waals surface area (Å²) in [6.45, 7) is 1.33. The molecule has 1 aromatic rings. The molecule has 0 heterocycles. The van der Waals surface area contributed by atoms with E-state index in [0.29, 0.717) is 11.5 Å². The van der Waals surface area contributed by atoms with Crippen molar-refractivity contribution < 1.29 is 19.9 Å². The van der Waals surface area contributed by atoms with Gasteiger partial charge in [0.05, 0.1) is 6.10 Å².